The molecule has 0 saturated heterocycles. The third-order valence-corrected chi connectivity index (χ3v) is 2.49. The Morgan fingerprint density at radius 2 is 1.88 bits per heavy atom. The molecule has 0 amide bonds. The molecule has 17 heavy (non-hydrogen) atoms. The molecule has 2 aromatic rings. The van der Waals surface area contributed by atoms with Crippen LogP contribution >= 0.6 is 0 Å². The highest BCUT2D eigenvalue weighted by Gasteiger charge is 2.04. The predicted molar refractivity (Wildman–Crippen MR) is 66.8 cm³/mol. The molecule has 3 nitrogen and oxygen atoms in total. The summed E-state index contributed by atoms with van der Waals surface area (Å²) in [6.45, 7) is 3.98. The van der Waals surface area contributed by atoms with Gasteiger partial charge in [-0.15, -0.1) is 0 Å². The highest BCUT2D eigenvalue weighted by molar-refractivity contribution is 5.41. The SMILES string of the molecule is COc1ccc(C)c(Oc2ccc(C)cn2)c1. The van der Waals surface area contributed by atoms with Crippen molar-refractivity contribution >= 4 is 0 Å². The van der Waals surface area contributed by atoms with Crippen molar-refractivity contribution in [1.29, 1.82) is 0 Å². The molecule has 1 aromatic heterocycles. The van der Waals surface area contributed by atoms with Crippen LogP contribution in [0.5, 0.6) is 17.4 Å². The maximum atomic E-state index is 5.72. The summed E-state index contributed by atoms with van der Waals surface area (Å²) in [6.07, 6.45) is 1.78. The number of benzene rings is 1. The fourth-order valence-corrected chi connectivity index (χ4v) is 1.44. The third kappa shape index (κ3) is 2.75. The zero-order valence-electron chi connectivity index (χ0n) is 10.2. The van der Waals surface area contributed by atoms with Crippen LogP contribution in [0.4, 0.5) is 0 Å². The first-order valence-corrected chi connectivity index (χ1v) is 5.44. The summed E-state index contributed by atoms with van der Waals surface area (Å²) < 4.78 is 10.9. The molecule has 0 unspecified atom stereocenters. The normalized spacial score (nSPS) is 10.1. The van der Waals surface area contributed by atoms with E-state index in [4.69, 9.17) is 9.47 Å². The summed E-state index contributed by atoms with van der Waals surface area (Å²) >= 11 is 0. The fraction of sp³-hybridized carbons (Fsp3) is 0.214. The lowest BCUT2D eigenvalue weighted by Crippen LogP contribution is -1.91. The molecule has 3 heteroatoms. The third-order valence-electron chi connectivity index (χ3n) is 2.49. The maximum Gasteiger partial charge on any atom is 0.219 e. The second-order valence-corrected chi connectivity index (χ2v) is 3.91. The number of aromatic nitrogens is 1. The summed E-state index contributed by atoms with van der Waals surface area (Å²) in [4.78, 5) is 4.21. The number of ether oxygens (including phenoxy) is 2. The molecule has 0 spiro atoms. The van der Waals surface area contributed by atoms with Crippen LogP contribution in [0, 0.1) is 13.8 Å². The largest absolute Gasteiger partial charge is 0.497 e. The van der Waals surface area contributed by atoms with Crippen LogP contribution in [0.1, 0.15) is 11.1 Å². The second-order valence-electron chi connectivity index (χ2n) is 3.91. The van der Waals surface area contributed by atoms with E-state index in [0.29, 0.717) is 5.88 Å². The van der Waals surface area contributed by atoms with Crippen molar-refractivity contribution < 1.29 is 9.47 Å². The number of nitrogens with zero attached hydrogens (tertiary/aromatic N) is 1. The van der Waals surface area contributed by atoms with Gasteiger partial charge in [0.25, 0.3) is 0 Å². The molecule has 0 bridgehead atoms. The molecule has 1 heterocycles. The van der Waals surface area contributed by atoms with Gasteiger partial charge in [0, 0.05) is 18.3 Å². The van der Waals surface area contributed by atoms with Gasteiger partial charge in [0.15, 0.2) is 0 Å². The molecule has 0 aliphatic rings. The van der Waals surface area contributed by atoms with E-state index < -0.39 is 0 Å². The van der Waals surface area contributed by atoms with E-state index in [1.807, 2.05) is 44.2 Å². The highest BCUT2D eigenvalue weighted by atomic mass is 16.5. The first kappa shape index (κ1) is 11.5. The van der Waals surface area contributed by atoms with Crippen molar-refractivity contribution in [1.82, 2.24) is 4.98 Å². The van der Waals surface area contributed by atoms with E-state index in [2.05, 4.69) is 4.98 Å². The Morgan fingerprint density at radius 1 is 1.06 bits per heavy atom. The fourth-order valence-electron chi connectivity index (χ4n) is 1.44. The van der Waals surface area contributed by atoms with Crippen LogP contribution in [0.25, 0.3) is 0 Å². The number of methoxy groups -OCH3 is 1. The summed E-state index contributed by atoms with van der Waals surface area (Å²) in [5, 5.41) is 0. The van der Waals surface area contributed by atoms with Crippen LogP contribution in [0.3, 0.4) is 0 Å². The van der Waals surface area contributed by atoms with Crippen LogP contribution in [0.2, 0.25) is 0 Å². The first-order valence-electron chi connectivity index (χ1n) is 5.44. The first-order chi connectivity index (χ1) is 8.19. The van der Waals surface area contributed by atoms with Gasteiger partial charge in [-0.1, -0.05) is 12.1 Å². The Morgan fingerprint density at radius 3 is 2.53 bits per heavy atom. The molecular formula is C14H15NO2. The average Bonchev–Trinajstić information content (AvgIpc) is 2.35. The van der Waals surface area contributed by atoms with Crippen LogP contribution in [0.15, 0.2) is 36.5 Å². The maximum absolute atomic E-state index is 5.72. The van der Waals surface area contributed by atoms with E-state index >= 15 is 0 Å². The monoisotopic (exact) mass is 229 g/mol. The zero-order valence-corrected chi connectivity index (χ0v) is 10.2. The molecule has 0 N–H and O–H groups in total. The Bertz CT molecular complexity index is 506. The van der Waals surface area contributed by atoms with Gasteiger partial charge in [0.1, 0.15) is 11.5 Å². The molecule has 0 aliphatic heterocycles. The smallest absolute Gasteiger partial charge is 0.219 e. The number of hydrogen-bond donors (Lipinski definition) is 0. The van der Waals surface area contributed by atoms with Gasteiger partial charge in [0.05, 0.1) is 7.11 Å². The summed E-state index contributed by atoms with van der Waals surface area (Å²) in [6, 6.07) is 9.55. The molecule has 0 fully saturated rings. The van der Waals surface area contributed by atoms with Crippen molar-refractivity contribution in [2.45, 2.75) is 13.8 Å². The predicted octanol–water partition coefficient (Wildman–Crippen LogP) is 3.50. The standard InChI is InChI=1S/C14H15NO2/c1-10-4-7-14(15-9-10)17-13-8-12(16-3)6-5-11(13)2/h4-9H,1-3H3. The molecule has 0 aliphatic carbocycles. The molecule has 1 aromatic carbocycles. The molecule has 0 atom stereocenters. The van der Waals surface area contributed by atoms with Gasteiger partial charge in [-0.05, 0) is 31.0 Å². The van der Waals surface area contributed by atoms with Crippen LogP contribution in [-0.2, 0) is 0 Å². The Hall–Kier alpha value is -2.03. The minimum atomic E-state index is 0.590. The Balaban J connectivity index is 2.25. The van der Waals surface area contributed by atoms with Crippen molar-refractivity contribution in [2.24, 2.45) is 0 Å². The van der Waals surface area contributed by atoms with Crippen molar-refractivity contribution in [2.75, 3.05) is 7.11 Å². The summed E-state index contributed by atoms with van der Waals surface area (Å²) in [5.74, 6) is 2.13. The van der Waals surface area contributed by atoms with E-state index in [0.717, 1.165) is 22.6 Å². The molecule has 0 saturated carbocycles. The van der Waals surface area contributed by atoms with E-state index in [1.165, 1.54) is 0 Å². The number of pyridine rings is 1. The van der Waals surface area contributed by atoms with Gasteiger partial charge in [-0.3, -0.25) is 0 Å². The van der Waals surface area contributed by atoms with E-state index in [1.54, 1.807) is 13.3 Å². The molecule has 2 rings (SSSR count). The summed E-state index contributed by atoms with van der Waals surface area (Å²) in [5.41, 5.74) is 2.16. The zero-order chi connectivity index (χ0) is 12.3. The lowest BCUT2D eigenvalue weighted by atomic mass is 10.2. The number of aryl methyl sites for hydroxylation is 2. The average molecular weight is 229 g/mol. The van der Waals surface area contributed by atoms with E-state index in [-0.39, 0.29) is 0 Å². The van der Waals surface area contributed by atoms with Gasteiger partial charge in [0.2, 0.25) is 5.88 Å². The van der Waals surface area contributed by atoms with E-state index in [9.17, 15) is 0 Å². The highest BCUT2D eigenvalue weighted by Crippen LogP contribution is 2.27. The van der Waals surface area contributed by atoms with Crippen LogP contribution in [-0.4, -0.2) is 12.1 Å². The van der Waals surface area contributed by atoms with Crippen molar-refractivity contribution in [3.63, 3.8) is 0 Å². The second kappa shape index (κ2) is 4.87. The number of rotatable bonds is 3. The quantitative estimate of drug-likeness (QED) is 0.807. The minimum absolute atomic E-state index is 0.590. The molecular weight excluding hydrogens is 214 g/mol. The Kier molecular flexibility index (Phi) is 3.28. The van der Waals surface area contributed by atoms with Gasteiger partial charge >= 0.3 is 0 Å². The number of hydrogen-bond acceptors (Lipinski definition) is 3. The summed E-state index contributed by atoms with van der Waals surface area (Å²) in [7, 11) is 1.64. The van der Waals surface area contributed by atoms with Crippen molar-refractivity contribution in [3.05, 3.63) is 47.7 Å². The molecule has 0 radical (unpaired) electrons. The topological polar surface area (TPSA) is 31.4 Å². The van der Waals surface area contributed by atoms with Gasteiger partial charge in [-0.25, -0.2) is 4.98 Å². The van der Waals surface area contributed by atoms with Gasteiger partial charge in [-0.2, -0.15) is 0 Å². The lowest BCUT2D eigenvalue weighted by molar-refractivity contribution is 0.406. The molecule has 88 valence electrons. The minimum Gasteiger partial charge on any atom is -0.497 e. The lowest BCUT2D eigenvalue weighted by Gasteiger charge is -2.09. The Labute approximate surface area is 101 Å². The van der Waals surface area contributed by atoms with Crippen molar-refractivity contribution in [3.8, 4) is 17.4 Å². The van der Waals surface area contributed by atoms with Gasteiger partial charge < -0.3 is 9.47 Å². The van der Waals surface area contributed by atoms with Crippen LogP contribution < -0.4 is 9.47 Å².